The highest BCUT2D eigenvalue weighted by atomic mass is 16.2. The first-order valence-electron chi connectivity index (χ1n) is 18.4. The van der Waals surface area contributed by atoms with Crippen molar-refractivity contribution in [1.29, 1.82) is 0 Å². The Morgan fingerprint density at radius 1 is 0.736 bits per heavy atom. The van der Waals surface area contributed by atoms with E-state index in [2.05, 4.69) is 63.5 Å². The van der Waals surface area contributed by atoms with Crippen LogP contribution in [0.25, 0.3) is 33.6 Å². The van der Waals surface area contributed by atoms with Gasteiger partial charge in [0.15, 0.2) is 0 Å². The quantitative estimate of drug-likeness (QED) is 0.163. The van der Waals surface area contributed by atoms with Crippen LogP contribution in [-0.4, -0.2) is 83.2 Å². The Kier molecular flexibility index (Phi) is 9.49. The zero-order chi connectivity index (χ0) is 36.5. The Balaban J connectivity index is 0.921. The van der Waals surface area contributed by atoms with Gasteiger partial charge in [-0.05, 0) is 67.6 Å². The summed E-state index contributed by atoms with van der Waals surface area (Å²) in [5.74, 6) is 1.84. The molecule has 3 atom stereocenters. The minimum atomic E-state index is -0.340. The van der Waals surface area contributed by atoms with E-state index in [9.17, 15) is 9.59 Å². The van der Waals surface area contributed by atoms with Crippen LogP contribution in [0.1, 0.15) is 66.7 Å². The Morgan fingerprint density at radius 2 is 1.26 bits per heavy atom. The van der Waals surface area contributed by atoms with Gasteiger partial charge in [-0.2, -0.15) is 0 Å². The minimum absolute atomic E-state index is 0.0571. The van der Waals surface area contributed by atoms with Gasteiger partial charge in [0, 0.05) is 26.3 Å². The van der Waals surface area contributed by atoms with Crippen molar-refractivity contribution in [3.05, 3.63) is 127 Å². The fourth-order valence-electron chi connectivity index (χ4n) is 7.92. The average Bonchev–Trinajstić information content (AvgIpc) is 4.02. The first-order chi connectivity index (χ1) is 25.8. The summed E-state index contributed by atoms with van der Waals surface area (Å²) in [6.07, 6.45) is 11.3. The van der Waals surface area contributed by atoms with Gasteiger partial charge < -0.3 is 24.3 Å². The Bertz CT molecular complexity index is 2180. The van der Waals surface area contributed by atoms with Gasteiger partial charge in [-0.25, -0.2) is 15.0 Å². The van der Waals surface area contributed by atoms with Crippen molar-refractivity contribution in [2.45, 2.75) is 50.2 Å². The molecule has 2 amide bonds. The number of aromatic amines is 2. The van der Waals surface area contributed by atoms with Crippen molar-refractivity contribution < 1.29 is 9.59 Å². The summed E-state index contributed by atoms with van der Waals surface area (Å²) in [6, 6.07) is 26.4. The van der Waals surface area contributed by atoms with Gasteiger partial charge in [0.25, 0.3) is 0 Å². The molecule has 11 nitrogen and oxygen atoms in total. The van der Waals surface area contributed by atoms with Crippen LogP contribution in [0, 0.1) is 0 Å². The highest BCUT2D eigenvalue weighted by molar-refractivity contribution is 5.84. The van der Waals surface area contributed by atoms with Gasteiger partial charge in [-0.3, -0.25) is 14.5 Å². The van der Waals surface area contributed by atoms with Crippen LogP contribution in [0.4, 0.5) is 0 Å². The zero-order valence-electron chi connectivity index (χ0n) is 30.4. The number of hydrogen-bond donors (Lipinski definition) is 2. The summed E-state index contributed by atoms with van der Waals surface area (Å²) in [5.41, 5.74) is 7.95. The minimum Gasteiger partial charge on any atom is -0.340 e. The fraction of sp³-hybridized carbons (Fsp3) is 0.310. The molecule has 6 aromatic rings. The van der Waals surface area contributed by atoms with Crippen LogP contribution in [0.5, 0.6) is 0 Å². The number of aryl methyl sites for hydroxylation is 1. The molecule has 8 rings (SSSR count). The van der Waals surface area contributed by atoms with Gasteiger partial charge in [-0.1, -0.05) is 78.9 Å². The molecule has 2 aliphatic heterocycles. The average molecular weight is 708 g/mol. The number of nitrogens with zero attached hydrogens (tertiary/aromatic N) is 7. The van der Waals surface area contributed by atoms with E-state index in [0.717, 1.165) is 95.3 Å². The van der Waals surface area contributed by atoms with Crippen LogP contribution in [0.2, 0.25) is 0 Å². The van der Waals surface area contributed by atoms with Gasteiger partial charge >= 0.3 is 0 Å². The molecule has 2 saturated heterocycles. The standard InChI is InChI=1S/C42H45N9O2/c1-48(2)39(32-9-5-4-6-10-32)42(53)51-22-8-12-37(51)41-44-25-35(47-41)31-19-15-29(16-20-31)28-13-17-30(18-14-28)34-24-43-40(46-34)36-11-7-21-50(36)38(52)23-33-26-49(3)27-45-33/h4-6,9-10,13-20,24-27,36-37,39H,7-8,11-12,21-23H2,1-3H3,(H,43,46)(H,44,47)/t36-,37-,39+/m0/s1. The molecule has 3 aromatic heterocycles. The predicted octanol–water partition coefficient (Wildman–Crippen LogP) is 6.74. The molecule has 3 aromatic carbocycles. The van der Waals surface area contributed by atoms with Crippen LogP contribution in [0.15, 0.2) is 104 Å². The van der Waals surface area contributed by atoms with E-state index in [1.807, 2.05) is 89.3 Å². The summed E-state index contributed by atoms with van der Waals surface area (Å²) in [7, 11) is 5.83. The number of rotatable bonds is 10. The van der Waals surface area contributed by atoms with Crippen LogP contribution >= 0.6 is 0 Å². The van der Waals surface area contributed by atoms with E-state index >= 15 is 0 Å². The maximum Gasteiger partial charge on any atom is 0.245 e. The molecule has 53 heavy (non-hydrogen) atoms. The molecule has 5 heterocycles. The Hall–Kier alpha value is -5.81. The number of H-pyrrole nitrogens is 2. The number of likely N-dealkylation sites (tertiary alicyclic amines) is 2. The lowest BCUT2D eigenvalue weighted by molar-refractivity contribution is -0.137. The van der Waals surface area contributed by atoms with Gasteiger partial charge in [0.1, 0.15) is 17.7 Å². The number of benzene rings is 3. The van der Waals surface area contributed by atoms with E-state index in [0.29, 0.717) is 6.42 Å². The maximum atomic E-state index is 13.9. The van der Waals surface area contributed by atoms with Crippen molar-refractivity contribution in [3.8, 4) is 33.6 Å². The molecule has 270 valence electrons. The van der Waals surface area contributed by atoms with E-state index < -0.39 is 0 Å². The molecule has 2 aliphatic rings. The summed E-state index contributed by atoms with van der Waals surface area (Å²) >= 11 is 0. The van der Waals surface area contributed by atoms with Crippen molar-refractivity contribution >= 4 is 11.8 Å². The van der Waals surface area contributed by atoms with Crippen molar-refractivity contribution in [2.24, 2.45) is 7.05 Å². The van der Waals surface area contributed by atoms with E-state index in [1.165, 1.54) is 0 Å². The van der Waals surface area contributed by atoms with Gasteiger partial charge in [0.05, 0.1) is 54.3 Å². The zero-order valence-corrected chi connectivity index (χ0v) is 30.4. The molecule has 0 radical (unpaired) electrons. The number of carbonyl (C=O) groups is 2. The topological polar surface area (TPSA) is 119 Å². The highest BCUT2D eigenvalue weighted by Crippen LogP contribution is 2.36. The molecule has 2 N–H and O–H groups in total. The third kappa shape index (κ3) is 7.04. The maximum absolute atomic E-state index is 13.9. The van der Waals surface area contributed by atoms with Crippen molar-refractivity contribution in [2.75, 3.05) is 27.2 Å². The normalized spacial score (nSPS) is 17.9. The summed E-state index contributed by atoms with van der Waals surface area (Å²) in [4.78, 5) is 53.8. The number of likely N-dealkylation sites (N-methyl/N-ethyl adjacent to an activating group) is 1. The Morgan fingerprint density at radius 3 is 1.79 bits per heavy atom. The second-order valence-corrected chi connectivity index (χ2v) is 14.4. The van der Waals surface area contributed by atoms with Crippen LogP contribution in [-0.2, 0) is 23.1 Å². The number of amides is 2. The summed E-state index contributed by atoms with van der Waals surface area (Å²) < 4.78 is 1.86. The molecular formula is C42H45N9O2. The molecule has 0 unspecified atom stereocenters. The van der Waals surface area contributed by atoms with Crippen LogP contribution < -0.4 is 0 Å². The Labute approximate surface area is 309 Å². The number of imidazole rings is 3. The molecule has 2 fully saturated rings. The first-order valence-corrected chi connectivity index (χ1v) is 18.4. The molecular weight excluding hydrogens is 663 g/mol. The highest BCUT2D eigenvalue weighted by Gasteiger charge is 2.37. The number of carbonyl (C=O) groups excluding carboxylic acids is 2. The second-order valence-electron chi connectivity index (χ2n) is 14.4. The van der Waals surface area contributed by atoms with Crippen molar-refractivity contribution in [1.82, 2.24) is 44.2 Å². The van der Waals surface area contributed by atoms with Gasteiger partial charge in [0.2, 0.25) is 11.8 Å². The van der Waals surface area contributed by atoms with E-state index in [-0.39, 0.29) is 29.9 Å². The first kappa shape index (κ1) is 34.3. The van der Waals surface area contributed by atoms with Crippen LogP contribution in [0.3, 0.4) is 0 Å². The molecule has 11 heteroatoms. The van der Waals surface area contributed by atoms with Crippen molar-refractivity contribution in [3.63, 3.8) is 0 Å². The number of aromatic nitrogens is 6. The third-order valence-electron chi connectivity index (χ3n) is 10.6. The molecule has 0 aliphatic carbocycles. The number of hydrogen-bond acceptors (Lipinski definition) is 6. The smallest absolute Gasteiger partial charge is 0.245 e. The number of nitrogens with one attached hydrogen (secondary N) is 2. The molecule has 0 bridgehead atoms. The molecule has 0 spiro atoms. The fourth-order valence-corrected chi connectivity index (χ4v) is 7.92. The lowest BCUT2D eigenvalue weighted by atomic mass is 10.0. The second kappa shape index (κ2) is 14.7. The monoisotopic (exact) mass is 707 g/mol. The van der Waals surface area contributed by atoms with E-state index in [1.54, 1.807) is 6.33 Å². The third-order valence-corrected chi connectivity index (χ3v) is 10.6. The molecule has 0 saturated carbocycles. The summed E-state index contributed by atoms with van der Waals surface area (Å²) in [5, 5.41) is 0. The van der Waals surface area contributed by atoms with E-state index in [4.69, 9.17) is 9.97 Å². The largest absolute Gasteiger partial charge is 0.340 e. The van der Waals surface area contributed by atoms with Gasteiger partial charge in [-0.15, -0.1) is 0 Å². The SMILES string of the molecule is CN(C)[C@@H](C(=O)N1CCC[C@H]1c1ncc(-c2ccc(-c3ccc(-c4cnc([C@@H]5CCCN5C(=O)Cc5cn(C)cn5)[nH]4)cc3)cc2)[nH]1)c1ccccc1. The lowest BCUT2D eigenvalue weighted by Gasteiger charge is -2.31. The summed E-state index contributed by atoms with van der Waals surface area (Å²) in [6.45, 7) is 1.45. The predicted molar refractivity (Wildman–Crippen MR) is 204 cm³/mol. The lowest BCUT2D eigenvalue weighted by Crippen LogP contribution is -2.40.